The predicted octanol–water partition coefficient (Wildman–Crippen LogP) is 1.28. The Kier molecular flexibility index (Phi) is 2.59. The molecule has 0 aromatic heterocycles. The Labute approximate surface area is 77.3 Å². The van der Waals surface area contributed by atoms with Gasteiger partial charge in [-0.15, -0.1) is 0 Å². The fourth-order valence-electron chi connectivity index (χ4n) is 1.43. The van der Waals surface area contributed by atoms with Gasteiger partial charge in [0, 0.05) is 12.5 Å². The maximum atomic E-state index is 8.49. The molecule has 0 amide bonds. The summed E-state index contributed by atoms with van der Waals surface area (Å²) in [4.78, 5) is 0. The second-order valence-corrected chi connectivity index (χ2v) is 3.31. The number of hydrogen-bond acceptors (Lipinski definition) is 3. The van der Waals surface area contributed by atoms with Gasteiger partial charge >= 0.3 is 0 Å². The first kappa shape index (κ1) is 8.69. The molecule has 13 heavy (non-hydrogen) atoms. The van der Waals surface area contributed by atoms with E-state index in [-0.39, 0.29) is 0 Å². The second kappa shape index (κ2) is 3.87. The average Bonchev–Trinajstić information content (AvgIpc) is 2.06. The fourth-order valence-corrected chi connectivity index (χ4v) is 1.43. The quantitative estimate of drug-likeness (QED) is 0.687. The first-order valence-corrected chi connectivity index (χ1v) is 4.43. The molecule has 1 fully saturated rings. The van der Waals surface area contributed by atoms with E-state index >= 15 is 0 Å². The van der Waals surface area contributed by atoms with E-state index in [2.05, 4.69) is 17.6 Å². The Hall–Kier alpha value is -0.900. The maximum absolute atomic E-state index is 8.49. The summed E-state index contributed by atoms with van der Waals surface area (Å²) in [5.41, 5.74) is 4.55. The van der Waals surface area contributed by atoms with Gasteiger partial charge in [-0.05, 0) is 11.1 Å². The Balaban J connectivity index is 2.04. The molecule has 1 aromatic rings. The van der Waals surface area contributed by atoms with Crippen LogP contribution in [0.4, 0.5) is 0 Å². The molecule has 0 aliphatic carbocycles. The van der Waals surface area contributed by atoms with Crippen LogP contribution in [-0.2, 0) is 11.3 Å². The highest BCUT2D eigenvalue weighted by atomic mass is 16.5. The lowest BCUT2D eigenvalue weighted by atomic mass is 9.97. The van der Waals surface area contributed by atoms with Crippen molar-refractivity contribution in [2.24, 2.45) is 0 Å². The zero-order valence-corrected chi connectivity index (χ0v) is 7.36. The lowest BCUT2D eigenvalue weighted by Crippen LogP contribution is -2.24. The van der Waals surface area contributed by atoms with E-state index in [1.165, 1.54) is 5.56 Å². The van der Waals surface area contributed by atoms with Crippen LogP contribution in [-0.4, -0.2) is 18.4 Å². The lowest BCUT2D eigenvalue weighted by molar-refractivity contribution is 0.00841. The first-order valence-electron chi connectivity index (χ1n) is 4.43. The topological polar surface area (TPSA) is 41.5 Å². The molecule has 0 radical (unpaired) electrons. The highest BCUT2D eigenvalue weighted by Crippen LogP contribution is 2.23. The van der Waals surface area contributed by atoms with Crippen LogP contribution >= 0.6 is 0 Å². The summed E-state index contributed by atoms with van der Waals surface area (Å²) < 4.78 is 5.11. The average molecular weight is 179 g/mol. The monoisotopic (exact) mass is 179 g/mol. The van der Waals surface area contributed by atoms with Crippen LogP contribution in [0.2, 0.25) is 0 Å². The summed E-state index contributed by atoms with van der Waals surface area (Å²) in [6, 6.07) is 8.24. The first-order chi connectivity index (χ1) is 6.40. The molecule has 0 unspecified atom stereocenters. The third-order valence-corrected chi connectivity index (χ3v) is 2.37. The van der Waals surface area contributed by atoms with Crippen molar-refractivity contribution in [2.45, 2.75) is 12.5 Å². The van der Waals surface area contributed by atoms with Gasteiger partial charge in [0.15, 0.2) is 0 Å². The van der Waals surface area contributed by atoms with E-state index in [4.69, 9.17) is 9.94 Å². The molecule has 2 N–H and O–H groups in total. The largest absolute Gasteiger partial charge is 0.380 e. The highest BCUT2D eigenvalue weighted by molar-refractivity contribution is 5.26. The van der Waals surface area contributed by atoms with E-state index < -0.39 is 0 Å². The number of nitrogens with one attached hydrogen (secondary N) is 1. The molecule has 2 rings (SSSR count). The van der Waals surface area contributed by atoms with Gasteiger partial charge in [0.1, 0.15) is 0 Å². The van der Waals surface area contributed by atoms with Gasteiger partial charge in [0.05, 0.1) is 13.2 Å². The van der Waals surface area contributed by atoms with Crippen LogP contribution in [0.5, 0.6) is 0 Å². The van der Waals surface area contributed by atoms with E-state index in [0.29, 0.717) is 12.5 Å². The summed E-state index contributed by atoms with van der Waals surface area (Å²) in [6.45, 7) is 2.19. The van der Waals surface area contributed by atoms with Gasteiger partial charge in [-0.2, -0.15) is 0 Å². The van der Waals surface area contributed by atoms with Crippen molar-refractivity contribution >= 4 is 0 Å². The van der Waals surface area contributed by atoms with E-state index in [9.17, 15) is 0 Å². The van der Waals surface area contributed by atoms with Gasteiger partial charge in [0.2, 0.25) is 0 Å². The number of hydroxylamine groups is 1. The van der Waals surface area contributed by atoms with Crippen molar-refractivity contribution < 1.29 is 9.94 Å². The summed E-state index contributed by atoms with van der Waals surface area (Å²) in [6.07, 6.45) is 0. The van der Waals surface area contributed by atoms with Gasteiger partial charge in [-0.25, -0.2) is 5.48 Å². The van der Waals surface area contributed by atoms with Crippen molar-refractivity contribution in [2.75, 3.05) is 13.2 Å². The van der Waals surface area contributed by atoms with Gasteiger partial charge in [-0.1, -0.05) is 24.3 Å². The lowest BCUT2D eigenvalue weighted by Gasteiger charge is -2.26. The van der Waals surface area contributed by atoms with Crippen molar-refractivity contribution in [1.82, 2.24) is 5.48 Å². The van der Waals surface area contributed by atoms with Crippen LogP contribution in [0.25, 0.3) is 0 Å². The van der Waals surface area contributed by atoms with Gasteiger partial charge in [-0.3, -0.25) is 0 Å². The number of hydrogen-bond donors (Lipinski definition) is 2. The number of benzene rings is 1. The Bertz CT molecular complexity index is 267. The standard InChI is InChI=1S/C10H13NO2/c12-11-5-8-1-3-9(4-2-8)10-6-13-7-10/h1-4,10-12H,5-7H2. The normalized spacial score (nSPS) is 17.0. The third kappa shape index (κ3) is 1.88. The summed E-state index contributed by atoms with van der Waals surface area (Å²) in [5.74, 6) is 0.580. The molecule has 1 aliphatic heterocycles. The van der Waals surface area contributed by atoms with Crippen molar-refractivity contribution in [1.29, 1.82) is 0 Å². The summed E-state index contributed by atoms with van der Waals surface area (Å²) in [7, 11) is 0. The second-order valence-electron chi connectivity index (χ2n) is 3.31. The van der Waals surface area contributed by atoms with Crippen LogP contribution in [0, 0.1) is 0 Å². The molecular formula is C10H13NO2. The van der Waals surface area contributed by atoms with Crippen molar-refractivity contribution in [3.63, 3.8) is 0 Å². The molecule has 1 aromatic carbocycles. The maximum Gasteiger partial charge on any atom is 0.0557 e. The molecule has 3 nitrogen and oxygen atoms in total. The minimum atomic E-state index is 0.501. The van der Waals surface area contributed by atoms with Crippen molar-refractivity contribution in [3.05, 3.63) is 35.4 Å². The van der Waals surface area contributed by atoms with Crippen LogP contribution in [0.15, 0.2) is 24.3 Å². The fraction of sp³-hybridized carbons (Fsp3) is 0.400. The number of ether oxygens (including phenoxy) is 1. The third-order valence-electron chi connectivity index (χ3n) is 2.37. The molecule has 3 heteroatoms. The Morgan fingerprint density at radius 2 is 2.00 bits per heavy atom. The molecular weight excluding hydrogens is 166 g/mol. The van der Waals surface area contributed by atoms with E-state index in [1.807, 2.05) is 12.1 Å². The predicted molar refractivity (Wildman–Crippen MR) is 48.6 cm³/mol. The van der Waals surface area contributed by atoms with Crippen molar-refractivity contribution in [3.8, 4) is 0 Å². The van der Waals surface area contributed by atoms with Crippen LogP contribution in [0.1, 0.15) is 17.0 Å². The molecule has 1 saturated heterocycles. The molecule has 0 saturated carbocycles. The highest BCUT2D eigenvalue weighted by Gasteiger charge is 2.19. The number of rotatable bonds is 3. The molecule has 0 bridgehead atoms. The minimum Gasteiger partial charge on any atom is -0.380 e. The van der Waals surface area contributed by atoms with Gasteiger partial charge in [0.25, 0.3) is 0 Å². The molecule has 0 atom stereocenters. The smallest absolute Gasteiger partial charge is 0.0557 e. The zero-order chi connectivity index (χ0) is 9.10. The van der Waals surface area contributed by atoms with Gasteiger partial charge < -0.3 is 9.94 Å². The molecule has 1 heterocycles. The van der Waals surface area contributed by atoms with E-state index in [0.717, 1.165) is 18.8 Å². The van der Waals surface area contributed by atoms with Crippen LogP contribution < -0.4 is 5.48 Å². The Morgan fingerprint density at radius 1 is 1.31 bits per heavy atom. The van der Waals surface area contributed by atoms with Crippen LogP contribution in [0.3, 0.4) is 0 Å². The zero-order valence-electron chi connectivity index (χ0n) is 7.36. The van der Waals surface area contributed by atoms with E-state index in [1.54, 1.807) is 0 Å². The summed E-state index contributed by atoms with van der Waals surface area (Å²) >= 11 is 0. The molecule has 0 spiro atoms. The molecule has 1 aliphatic rings. The minimum absolute atomic E-state index is 0.501. The Morgan fingerprint density at radius 3 is 2.46 bits per heavy atom. The SMILES string of the molecule is ONCc1ccc(C2COC2)cc1. The summed E-state index contributed by atoms with van der Waals surface area (Å²) in [5, 5.41) is 8.49. The molecule has 70 valence electrons.